The number of rotatable bonds is 5. The van der Waals surface area contributed by atoms with Gasteiger partial charge in [-0.3, -0.25) is 0 Å². The Bertz CT molecular complexity index is 857. The van der Waals surface area contributed by atoms with Crippen LogP contribution in [0.4, 0.5) is 19.1 Å². The minimum absolute atomic E-state index is 0.00102. The number of aromatic nitrogens is 2. The lowest BCUT2D eigenvalue weighted by Crippen LogP contribution is -2.20. The summed E-state index contributed by atoms with van der Waals surface area (Å²) in [6.45, 7) is 0. The third-order valence-electron chi connectivity index (χ3n) is 4.36. The zero-order valence-corrected chi connectivity index (χ0v) is 13.1. The smallest absolute Gasteiger partial charge is 0.278 e. The van der Waals surface area contributed by atoms with Crippen LogP contribution in [0.25, 0.3) is 0 Å². The monoisotopic (exact) mass is 345 g/mol. The van der Waals surface area contributed by atoms with Gasteiger partial charge in [0.2, 0.25) is 5.95 Å². The highest BCUT2D eigenvalue weighted by molar-refractivity contribution is 6.15. The van der Waals surface area contributed by atoms with E-state index in [1.807, 2.05) is 6.07 Å². The molecule has 2 aliphatic rings. The molecule has 1 aromatic heterocycles. The molecule has 0 spiro atoms. The van der Waals surface area contributed by atoms with E-state index in [9.17, 15) is 13.2 Å². The molecule has 2 heterocycles. The first-order chi connectivity index (χ1) is 12.1. The normalized spacial score (nSPS) is 18.1. The molecule has 1 saturated carbocycles. The largest absolute Gasteiger partial charge is 0.345 e. The summed E-state index contributed by atoms with van der Waals surface area (Å²) in [6, 6.07) is 6.46. The summed E-state index contributed by atoms with van der Waals surface area (Å²) in [7, 11) is 0. The van der Waals surface area contributed by atoms with Gasteiger partial charge in [0, 0.05) is 24.4 Å². The van der Waals surface area contributed by atoms with Crippen molar-refractivity contribution in [3.05, 3.63) is 53.6 Å². The quantitative estimate of drug-likeness (QED) is 0.902. The fourth-order valence-electron chi connectivity index (χ4n) is 2.80. The average molecular weight is 345 g/mol. The number of nitrogens with one attached hydrogen (secondary N) is 1. The van der Waals surface area contributed by atoms with Gasteiger partial charge in [-0.15, -0.1) is 0 Å². The SMILES string of the molecule is Fc1cccc(C2(Nc3ncc(C4=NN=C(C(F)F)C4)cn3)CC2)c1. The van der Waals surface area contributed by atoms with Gasteiger partial charge in [-0.05, 0) is 30.5 Å². The summed E-state index contributed by atoms with van der Waals surface area (Å²) in [5.41, 5.74) is 1.24. The molecule has 5 nitrogen and oxygen atoms in total. The van der Waals surface area contributed by atoms with Crippen molar-refractivity contribution in [2.75, 3.05) is 5.32 Å². The Hall–Kier alpha value is -2.77. The summed E-state index contributed by atoms with van der Waals surface area (Å²) in [4.78, 5) is 8.46. The molecule has 128 valence electrons. The molecule has 1 aliphatic heterocycles. The van der Waals surface area contributed by atoms with Gasteiger partial charge in [0.1, 0.15) is 11.5 Å². The number of halogens is 3. The maximum Gasteiger partial charge on any atom is 0.278 e. The standard InChI is InChI=1S/C17H14F3N5/c18-12-3-1-2-11(6-12)17(4-5-17)23-16-21-8-10(9-22-16)13-7-14(15(19)20)25-24-13/h1-3,6,8-9,15H,4-5,7H2,(H,21,22,23). The Morgan fingerprint density at radius 1 is 1.08 bits per heavy atom. The molecule has 1 aromatic carbocycles. The predicted octanol–water partition coefficient (Wildman–Crippen LogP) is 3.53. The van der Waals surface area contributed by atoms with E-state index >= 15 is 0 Å². The number of hydrogen-bond donors (Lipinski definition) is 1. The van der Waals surface area contributed by atoms with Crippen LogP contribution in [0.1, 0.15) is 30.4 Å². The molecular weight excluding hydrogens is 331 g/mol. The molecular formula is C17H14F3N5. The zero-order chi connectivity index (χ0) is 17.4. The number of alkyl halides is 2. The molecule has 0 bridgehead atoms. The number of nitrogens with zero attached hydrogens (tertiary/aromatic N) is 4. The molecule has 0 amide bonds. The molecule has 1 aliphatic carbocycles. The summed E-state index contributed by atoms with van der Waals surface area (Å²) in [6.07, 6.45) is 2.17. The molecule has 0 saturated heterocycles. The van der Waals surface area contributed by atoms with E-state index in [1.165, 1.54) is 24.5 Å². The highest BCUT2D eigenvalue weighted by Crippen LogP contribution is 2.47. The topological polar surface area (TPSA) is 62.5 Å². The van der Waals surface area contributed by atoms with Crippen molar-refractivity contribution in [1.29, 1.82) is 0 Å². The first-order valence-corrected chi connectivity index (χ1v) is 7.84. The minimum atomic E-state index is -2.61. The molecule has 8 heteroatoms. The van der Waals surface area contributed by atoms with Crippen LogP contribution >= 0.6 is 0 Å². The van der Waals surface area contributed by atoms with E-state index in [0.29, 0.717) is 17.2 Å². The van der Waals surface area contributed by atoms with Gasteiger partial charge in [-0.25, -0.2) is 23.1 Å². The predicted molar refractivity (Wildman–Crippen MR) is 87.6 cm³/mol. The number of anilines is 1. The van der Waals surface area contributed by atoms with E-state index in [0.717, 1.165) is 18.4 Å². The van der Waals surface area contributed by atoms with Gasteiger partial charge in [0.05, 0.1) is 11.3 Å². The van der Waals surface area contributed by atoms with Crippen molar-refractivity contribution >= 4 is 17.4 Å². The number of benzene rings is 1. The first-order valence-electron chi connectivity index (χ1n) is 7.84. The second-order valence-electron chi connectivity index (χ2n) is 6.13. The first kappa shape index (κ1) is 15.7. The average Bonchev–Trinajstić information content (AvgIpc) is 3.20. The van der Waals surface area contributed by atoms with Crippen molar-refractivity contribution in [2.45, 2.75) is 31.2 Å². The van der Waals surface area contributed by atoms with Crippen LogP contribution < -0.4 is 5.32 Å². The van der Waals surface area contributed by atoms with Crippen molar-refractivity contribution in [3.63, 3.8) is 0 Å². The van der Waals surface area contributed by atoms with Crippen molar-refractivity contribution in [3.8, 4) is 0 Å². The molecule has 0 radical (unpaired) electrons. The fraction of sp³-hybridized carbons (Fsp3) is 0.294. The Kier molecular flexibility index (Phi) is 3.74. The lowest BCUT2D eigenvalue weighted by Gasteiger charge is -2.18. The van der Waals surface area contributed by atoms with Crippen LogP contribution in [0.15, 0.2) is 46.9 Å². The second-order valence-corrected chi connectivity index (χ2v) is 6.13. The molecule has 4 rings (SSSR count). The molecule has 1 fully saturated rings. The fourth-order valence-corrected chi connectivity index (χ4v) is 2.80. The lowest BCUT2D eigenvalue weighted by molar-refractivity contribution is 0.224. The van der Waals surface area contributed by atoms with Crippen LogP contribution in [-0.2, 0) is 5.54 Å². The molecule has 0 atom stereocenters. The van der Waals surface area contributed by atoms with Crippen molar-refractivity contribution in [1.82, 2.24) is 9.97 Å². The maximum atomic E-state index is 13.4. The van der Waals surface area contributed by atoms with E-state index < -0.39 is 6.43 Å². The van der Waals surface area contributed by atoms with Gasteiger partial charge >= 0.3 is 0 Å². The van der Waals surface area contributed by atoms with Gasteiger partial charge < -0.3 is 5.32 Å². The Labute approximate surface area is 141 Å². The highest BCUT2D eigenvalue weighted by Gasteiger charge is 2.45. The van der Waals surface area contributed by atoms with Crippen LogP contribution in [0.5, 0.6) is 0 Å². The third kappa shape index (κ3) is 3.11. The van der Waals surface area contributed by atoms with Gasteiger partial charge in [0.15, 0.2) is 0 Å². The summed E-state index contributed by atoms with van der Waals surface area (Å²) in [5.74, 6) is 0.120. The Balaban J connectivity index is 1.47. The summed E-state index contributed by atoms with van der Waals surface area (Å²) >= 11 is 0. The van der Waals surface area contributed by atoms with Crippen LogP contribution in [0.2, 0.25) is 0 Å². The van der Waals surface area contributed by atoms with E-state index in [-0.39, 0.29) is 23.5 Å². The second kappa shape index (κ2) is 5.94. The van der Waals surface area contributed by atoms with Crippen molar-refractivity contribution < 1.29 is 13.2 Å². The summed E-state index contributed by atoms with van der Waals surface area (Å²) < 4.78 is 38.6. The van der Waals surface area contributed by atoms with Crippen LogP contribution in [0.3, 0.4) is 0 Å². The Morgan fingerprint density at radius 3 is 2.44 bits per heavy atom. The van der Waals surface area contributed by atoms with E-state index in [1.54, 1.807) is 6.07 Å². The van der Waals surface area contributed by atoms with Gasteiger partial charge in [-0.2, -0.15) is 10.2 Å². The maximum absolute atomic E-state index is 13.4. The number of hydrogen-bond acceptors (Lipinski definition) is 5. The van der Waals surface area contributed by atoms with E-state index in [2.05, 4.69) is 25.5 Å². The van der Waals surface area contributed by atoms with Crippen molar-refractivity contribution in [2.24, 2.45) is 10.2 Å². The van der Waals surface area contributed by atoms with Gasteiger partial charge in [-0.1, -0.05) is 12.1 Å². The third-order valence-corrected chi connectivity index (χ3v) is 4.36. The zero-order valence-electron chi connectivity index (χ0n) is 13.1. The summed E-state index contributed by atoms with van der Waals surface area (Å²) in [5, 5.41) is 10.5. The highest BCUT2D eigenvalue weighted by atomic mass is 19.3. The molecule has 1 N–H and O–H groups in total. The lowest BCUT2D eigenvalue weighted by atomic mass is 10.1. The van der Waals surface area contributed by atoms with Gasteiger partial charge in [0.25, 0.3) is 6.43 Å². The molecule has 2 aromatic rings. The van der Waals surface area contributed by atoms with E-state index in [4.69, 9.17) is 0 Å². The Morgan fingerprint density at radius 2 is 1.84 bits per heavy atom. The minimum Gasteiger partial charge on any atom is -0.345 e. The van der Waals surface area contributed by atoms with Crippen LogP contribution in [0, 0.1) is 5.82 Å². The molecule has 25 heavy (non-hydrogen) atoms. The van der Waals surface area contributed by atoms with Crippen LogP contribution in [-0.4, -0.2) is 27.8 Å². The molecule has 0 unspecified atom stereocenters.